The molecule has 0 amide bonds. The zero-order valence-electron chi connectivity index (χ0n) is 15.4. The van der Waals surface area contributed by atoms with Gasteiger partial charge in [-0.15, -0.1) is 16.4 Å². The van der Waals surface area contributed by atoms with Crippen LogP contribution in [0.25, 0.3) is 0 Å². The number of hydrogen-bond acceptors (Lipinski definition) is 10. The number of sulfonamides is 1. The number of nitro benzene ring substituents is 1. The van der Waals surface area contributed by atoms with Gasteiger partial charge in [-0.05, 0) is 45.8 Å². The van der Waals surface area contributed by atoms with E-state index in [1.807, 2.05) is 17.5 Å². The van der Waals surface area contributed by atoms with Crippen LogP contribution in [0.15, 0.2) is 50.7 Å². The van der Waals surface area contributed by atoms with E-state index in [2.05, 4.69) is 15.5 Å². The smallest absolute Gasteiger partial charge is 0.284 e. The average molecular weight is 469 g/mol. The van der Waals surface area contributed by atoms with Crippen LogP contribution in [0.1, 0.15) is 4.88 Å². The Morgan fingerprint density at radius 1 is 1.27 bits per heavy atom. The molecule has 4 rings (SSSR count). The van der Waals surface area contributed by atoms with Crippen molar-refractivity contribution in [1.29, 1.82) is 0 Å². The third-order valence-corrected chi connectivity index (χ3v) is 8.12. The Morgan fingerprint density at radius 3 is 2.77 bits per heavy atom. The summed E-state index contributed by atoms with van der Waals surface area (Å²) in [5.41, 5.74) is -0.319. The second-order valence-corrected chi connectivity index (χ2v) is 10.2. The number of thiophene rings is 1. The summed E-state index contributed by atoms with van der Waals surface area (Å²) in [7, 11) is -3.84. The lowest BCUT2D eigenvalue weighted by Gasteiger charge is -2.26. The van der Waals surface area contributed by atoms with Gasteiger partial charge in [0.1, 0.15) is 0 Å². The van der Waals surface area contributed by atoms with Crippen molar-refractivity contribution >= 4 is 38.8 Å². The minimum absolute atomic E-state index is 0.126. The molecule has 158 valence electrons. The van der Waals surface area contributed by atoms with Crippen LogP contribution in [0.5, 0.6) is 0 Å². The van der Waals surface area contributed by atoms with Crippen LogP contribution in [0, 0.1) is 10.1 Å². The number of rotatable bonds is 7. The van der Waals surface area contributed by atoms with Gasteiger partial charge in [-0.25, -0.2) is 13.1 Å². The Morgan fingerprint density at radius 2 is 2.07 bits per heavy atom. The third-order valence-electron chi connectivity index (χ3n) is 4.32. The largest absolute Gasteiger partial charge is 0.379 e. The van der Waals surface area contributed by atoms with Crippen molar-refractivity contribution in [2.24, 2.45) is 0 Å². The van der Waals surface area contributed by atoms with Gasteiger partial charge < -0.3 is 4.74 Å². The molecule has 0 saturated carbocycles. The van der Waals surface area contributed by atoms with Gasteiger partial charge in [0, 0.05) is 24.0 Å². The Kier molecular flexibility index (Phi) is 6.10. The summed E-state index contributed by atoms with van der Waals surface area (Å²) in [6, 6.07) is 7.72. The molecule has 0 N–H and O–H groups in total. The molecule has 0 unspecified atom stereocenters. The van der Waals surface area contributed by atoms with E-state index in [-0.39, 0.29) is 28.6 Å². The first kappa shape index (κ1) is 20.9. The monoisotopic (exact) mass is 468 g/mol. The molecule has 0 atom stereocenters. The summed E-state index contributed by atoms with van der Waals surface area (Å²) in [6.45, 7) is 1.45. The number of aromatic nitrogens is 4. The first-order valence-electron chi connectivity index (χ1n) is 8.78. The standard InChI is InChI=1S/C16H16N6O5S3/c23-22(24)14-10-13(30(25,26)20-5-7-27-8-6-20)3-4-15(14)29-16-17-18-19-21(16)11-12-2-1-9-28-12/h1-4,9-10H,5-8,11H2. The number of tetrazole rings is 1. The highest BCUT2D eigenvalue weighted by Crippen LogP contribution is 2.36. The molecule has 1 aromatic carbocycles. The van der Waals surface area contributed by atoms with Crippen LogP contribution in [-0.2, 0) is 21.3 Å². The molecular weight excluding hydrogens is 452 g/mol. The Hall–Kier alpha value is -2.39. The van der Waals surface area contributed by atoms with Crippen molar-refractivity contribution < 1.29 is 18.1 Å². The van der Waals surface area contributed by atoms with Gasteiger partial charge in [-0.3, -0.25) is 10.1 Å². The fourth-order valence-corrected chi connectivity index (χ4v) is 5.81. The van der Waals surface area contributed by atoms with E-state index in [0.717, 1.165) is 22.7 Å². The molecule has 14 heteroatoms. The molecular formula is C16H16N6O5S3. The highest BCUT2D eigenvalue weighted by molar-refractivity contribution is 7.99. The van der Waals surface area contributed by atoms with Gasteiger partial charge in [0.2, 0.25) is 15.2 Å². The lowest BCUT2D eigenvalue weighted by Crippen LogP contribution is -2.40. The molecule has 0 aliphatic carbocycles. The predicted molar refractivity (Wildman–Crippen MR) is 108 cm³/mol. The summed E-state index contributed by atoms with van der Waals surface area (Å²) in [5.74, 6) is 0. The lowest BCUT2D eigenvalue weighted by atomic mass is 10.3. The van der Waals surface area contributed by atoms with E-state index in [9.17, 15) is 18.5 Å². The maximum atomic E-state index is 12.8. The minimum atomic E-state index is -3.84. The Labute approximate surface area is 179 Å². The number of nitro groups is 1. The molecule has 11 nitrogen and oxygen atoms in total. The molecule has 1 saturated heterocycles. The quantitative estimate of drug-likeness (QED) is 0.376. The normalized spacial score (nSPS) is 15.3. The SMILES string of the molecule is O=[N+]([O-])c1cc(S(=O)(=O)N2CCOCC2)ccc1Sc1nnnn1Cc1cccs1. The van der Waals surface area contributed by atoms with Gasteiger partial charge in [-0.2, -0.15) is 4.31 Å². The molecule has 30 heavy (non-hydrogen) atoms. The average Bonchev–Trinajstić information content (AvgIpc) is 3.41. The van der Waals surface area contributed by atoms with Crippen LogP contribution in [0.2, 0.25) is 0 Å². The van der Waals surface area contributed by atoms with Gasteiger partial charge >= 0.3 is 0 Å². The number of benzene rings is 1. The highest BCUT2D eigenvalue weighted by atomic mass is 32.2. The van der Waals surface area contributed by atoms with Crippen molar-refractivity contribution in [3.05, 3.63) is 50.7 Å². The van der Waals surface area contributed by atoms with Gasteiger partial charge in [0.05, 0.1) is 34.5 Å². The second kappa shape index (κ2) is 8.77. The predicted octanol–water partition coefficient (Wildman–Crippen LogP) is 1.86. The molecule has 1 fully saturated rings. The van der Waals surface area contributed by atoms with E-state index in [1.165, 1.54) is 16.4 Å². The lowest BCUT2D eigenvalue weighted by molar-refractivity contribution is -0.388. The molecule has 1 aliphatic heterocycles. The van der Waals surface area contributed by atoms with E-state index in [4.69, 9.17) is 4.74 Å². The number of ether oxygens (including phenoxy) is 1. The van der Waals surface area contributed by atoms with Crippen LogP contribution >= 0.6 is 23.1 Å². The molecule has 0 spiro atoms. The molecule has 0 bridgehead atoms. The molecule has 1 aliphatic rings. The second-order valence-electron chi connectivity index (χ2n) is 6.20. The first-order valence-corrected chi connectivity index (χ1v) is 11.9. The van der Waals surface area contributed by atoms with E-state index >= 15 is 0 Å². The van der Waals surface area contributed by atoms with Crippen LogP contribution < -0.4 is 0 Å². The van der Waals surface area contributed by atoms with Crippen LogP contribution in [-0.4, -0.2) is 64.2 Å². The summed E-state index contributed by atoms with van der Waals surface area (Å²) in [5, 5.41) is 25.5. The van der Waals surface area contributed by atoms with E-state index < -0.39 is 14.9 Å². The maximum absolute atomic E-state index is 12.8. The fourth-order valence-electron chi connectivity index (χ4n) is 2.84. The maximum Gasteiger partial charge on any atom is 0.284 e. The summed E-state index contributed by atoms with van der Waals surface area (Å²) in [4.78, 5) is 12.2. The molecule has 3 aromatic rings. The topological polar surface area (TPSA) is 133 Å². The summed E-state index contributed by atoms with van der Waals surface area (Å²) >= 11 is 2.56. The summed E-state index contributed by atoms with van der Waals surface area (Å²) in [6.07, 6.45) is 0. The Balaban J connectivity index is 1.62. The Bertz CT molecular complexity index is 1140. The molecule has 3 heterocycles. The van der Waals surface area contributed by atoms with Gasteiger partial charge in [0.25, 0.3) is 5.69 Å². The van der Waals surface area contributed by atoms with Crippen molar-refractivity contribution in [3.63, 3.8) is 0 Å². The fraction of sp³-hybridized carbons (Fsp3) is 0.312. The van der Waals surface area contributed by atoms with Crippen molar-refractivity contribution in [3.8, 4) is 0 Å². The zero-order valence-corrected chi connectivity index (χ0v) is 17.9. The van der Waals surface area contributed by atoms with Gasteiger partial charge in [0.15, 0.2) is 0 Å². The molecule has 0 radical (unpaired) electrons. The van der Waals surface area contributed by atoms with Crippen molar-refractivity contribution in [1.82, 2.24) is 24.5 Å². The van der Waals surface area contributed by atoms with Crippen molar-refractivity contribution in [2.75, 3.05) is 26.3 Å². The van der Waals surface area contributed by atoms with E-state index in [1.54, 1.807) is 16.0 Å². The van der Waals surface area contributed by atoms with E-state index in [0.29, 0.717) is 24.9 Å². The molecule has 2 aromatic heterocycles. The number of nitrogens with zero attached hydrogens (tertiary/aromatic N) is 6. The van der Waals surface area contributed by atoms with Crippen LogP contribution in [0.3, 0.4) is 0 Å². The van der Waals surface area contributed by atoms with Crippen molar-refractivity contribution in [2.45, 2.75) is 21.5 Å². The number of hydrogen-bond donors (Lipinski definition) is 0. The number of morpholine rings is 1. The third kappa shape index (κ3) is 4.37. The highest BCUT2D eigenvalue weighted by Gasteiger charge is 2.29. The zero-order chi connectivity index (χ0) is 21.1. The summed E-state index contributed by atoms with van der Waals surface area (Å²) < 4.78 is 33.6. The van der Waals surface area contributed by atoms with Gasteiger partial charge in [-0.1, -0.05) is 6.07 Å². The minimum Gasteiger partial charge on any atom is -0.379 e. The van der Waals surface area contributed by atoms with Crippen LogP contribution in [0.4, 0.5) is 5.69 Å². The first-order chi connectivity index (χ1) is 14.4.